The van der Waals surface area contributed by atoms with Crippen molar-refractivity contribution in [3.63, 3.8) is 0 Å². The summed E-state index contributed by atoms with van der Waals surface area (Å²) in [5.74, 6) is -0.856. The number of hydrogen-bond acceptors (Lipinski definition) is 6. The van der Waals surface area contributed by atoms with Crippen LogP contribution in [0, 0.1) is 0 Å². The lowest BCUT2D eigenvalue weighted by Gasteiger charge is -2.18. The van der Waals surface area contributed by atoms with Crippen molar-refractivity contribution in [1.29, 1.82) is 0 Å². The monoisotopic (exact) mass is 1110 g/mol. The quantitative estimate of drug-likeness (QED) is 0.0261. The highest BCUT2D eigenvalue weighted by atomic mass is 16.6. The molecule has 0 bridgehead atoms. The van der Waals surface area contributed by atoms with E-state index in [1.54, 1.807) is 0 Å². The first-order chi connectivity index (χ1) is 39.0. The summed E-state index contributed by atoms with van der Waals surface area (Å²) in [7, 11) is 0. The van der Waals surface area contributed by atoms with E-state index in [-0.39, 0.29) is 31.1 Å². The Morgan fingerprint density at radius 3 is 0.709 bits per heavy atom. The lowest BCUT2D eigenvalue weighted by molar-refractivity contribution is -0.167. The molecule has 6 heteroatoms. The van der Waals surface area contributed by atoms with Gasteiger partial charge in [0.1, 0.15) is 13.2 Å². The molecule has 0 aromatic carbocycles. The van der Waals surface area contributed by atoms with Crippen LogP contribution in [0.4, 0.5) is 0 Å². The molecular weight excluding hydrogens is 973 g/mol. The summed E-state index contributed by atoms with van der Waals surface area (Å²) in [6, 6.07) is 0. The van der Waals surface area contributed by atoms with Crippen LogP contribution in [0.1, 0.15) is 367 Å². The van der Waals surface area contributed by atoms with E-state index in [0.717, 1.165) is 77.0 Å². The molecule has 1 atom stereocenters. The van der Waals surface area contributed by atoms with Crippen LogP contribution >= 0.6 is 0 Å². The van der Waals surface area contributed by atoms with Gasteiger partial charge in [-0.05, 0) is 89.9 Å². The molecule has 0 spiro atoms. The molecule has 79 heavy (non-hydrogen) atoms. The Hall–Kier alpha value is -2.89. The van der Waals surface area contributed by atoms with E-state index in [0.29, 0.717) is 19.3 Å². The zero-order chi connectivity index (χ0) is 57.1. The van der Waals surface area contributed by atoms with Gasteiger partial charge >= 0.3 is 17.9 Å². The summed E-state index contributed by atoms with van der Waals surface area (Å²) in [4.78, 5) is 38.4. The minimum atomic E-state index is -0.776. The topological polar surface area (TPSA) is 78.9 Å². The Labute approximate surface area is 491 Å². The summed E-state index contributed by atoms with van der Waals surface area (Å²) >= 11 is 0. The summed E-state index contributed by atoms with van der Waals surface area (Å²) in [5, 5.41) is 0. The smallest absolute Gasteiger partial charge is 0.306 e. The Morgan fingerprint density at radius 2 is 0.456 bits per heavy atom. The summed E-state index contributed by atoms with van der Waals surface area (Å²) in [5.41, 5.74) is 0. The van der Waals surface area contributed by atoms with Crippen LogP contribution in [0.5, 0.6) is 0 Å². The fourth-order valence-electron chi connectivity index (χ4n) is 10.2. The summed E-state index contributed by atoms with van der Waals surface area (Å²) < 4.78 is 17.0. The first kappa shape index (κ1) is 76.1. The van der Waals surface area contributed by atoms with E-state index in [2.05, 4.69) is 81.5 Å². The van der Waals surface area contributed by atoms with Crippen LogP contribution in [0.25, 0.3) is 0 Å². The molecule has 0 saturated heterocycles. The van der Waals surface area contributed by atoms with Gasteiger partial charge in [-0.1, -0.05) is 319 Å². The van der Waals surface area contributed by atoms with Gasteiger partial charge in [-0.25, -0.2) is 0 Å². The zero-order valence-corrected chi connectivity index (χ0v) is 52.9. The second-order valence-corrected chi connectivity index (χ2v) is 23.4. The van der Waals surface area contributed by atoms with Crippen LogP contribution in [-0.4, -0.2) is 37.2 Å². The van der Waals surface area contributed by atoms with Crippen LogP contribution in [0.3, 0.4) is 0 Å². The SMILES string of the molecule is CCCCCCC/C=C\C/C=C\C/C=C\CCCCCCCCCCCCCCC(=O)OCC(COC(=O)CCCCCCCCCCCCCCC)OC(=O)CCCCCCCCCCC/C=C\C/C=C\CCCCCCC. The van der Waals surface area contributed by atoms with Gasteiger partial charge in [0.05, 0.1) is 0 Å². The second kappa shape index (κ2) is 67.6. The van der Waals surface area contributed by atoms with Gasteiger partial charge in [0.15, 0.2) is 6.10 Å². The maximum absolute atomic E-state index is 12.9. The largest absolute Gasteiger partial charge is 0.462 e. The van der Waals surface area contributed by atoms with Gasteiger partial charge in [0.2, 0.25) is 0 Å². The molecule has 0 aromatic heterocycles. The third kappa shape index (κ3) is 65.8. The van der Waals surface area contributed by atoms with Crippen molar-refractivity contribution < 1.29 is 28.6 Å². The number of esters is 3. The van der Waals surface area contributed by atoms with Gasteiger partial charge in [-0.15, -0.1) is 0 Å². The first-order valence-electron chi connectivity index (χ1n) is 34.8. The summed E-state index contributed by atoms with van der Waals surface area (Å²) in [6.45, 7) is 6.67. The van der Waals surface area contributed by atoms with Gasteiger partial charge in [0.25, 0.3) is 0 Å². The third-order valence-corrected chi connectivity index (χ3v) is 15.5. The number of ether oxygens (including phenoxy) is 3. The van der Waals surface area contributed by atoms with E-state index in [1.807, 2.05) is 0 Å². The maximum Gasteiger partial charge on any atom is 0.306 e. The molecule has 0 rings (SSSR count). The number of rotatable bonds is 64. The second-order valence-electron chi connectivity index (χ2n) is 23.4. The Kier molecular flexibility index (Phi) is 65.1. The van der Waals surface area contributed by atoms with Crippen molar-refractivity contribution in [3.8, 4) is 0 Å². The molecule has 0 N–H and O–H groups in total. The average molecular weight is 1110 g/mol. The van der Waals surface area contributed by atoms with Crippen molar-refractivity contribution in [3.05, 3.63) is 60.8 Å². The van der Waals surface area contributed by atoms with Crippen LogP contribution in [0.2, 0.25) is 0 Å². The highest BCUT2D eigenvalue weighted by Crippen LogP contribution is 2.17. The molecule has 0 amide bonds. The molecule has 6 nitrogen and oxygen atoms in total. The van der Waals surface area contributed by atoms with Gasteiger partial charge in [-0.3, -0.25) is 14.4 Å². The molecule has 0 fully saturated rings. The molecule has 0 aromatic rings. The lowest BCUT2D eigenvalue weighted by Crippen LogP contribution is -2.30. The standard InChI is InChI=1S/C73H132O6/c1-4-7-10-13-16-19-22-25-27-29-31-33-34-35-36-37-38-40-41-43-45-48-51-54-57-60-63-66-72(75)78-69-70(68-77-71(74)65-62-59-56-53-50-47-24-21-18-15-12-9-6-3)79-73(76)67-64-61-58-55-52-49-46-44-42-39-32-30-28-26-23-20-17-14-11-8-5-2/h22-23,25-26,29-32,34-35,70H,4-21,24,27-28,33,36-69H2,1-3H3/b25-22-,26-23-,31-29-,32-30-,35-34-. The Balaban J connectivity index is 4.27. The average Bonchev–Trinajstić information content (AvgIpc) is 3.45. The van der Waals surface area contributed by atoms with Gasteiger partial charge in [-0.2, -0.15) is 0 Å². The Bertz CT molecular complexity index is 1410. The predicted octanol–water partition coefficient (Wildman–Crippen LogP) is 23.9. The zero-order valence-electron chi connectivity index (χ0n) is 52.9. The van der Waals surface area contributed by atoms with Crippen molar-refractivity contribution in [2.45, 2.75) is 374 Å². The Morgan fingerprint density at radius 1 is 0.253 bits per heavy atom. The van der Waals surface area contributed by atoms with Crippen LogP contribution < -0.4 is 0 Å². The maximum atomic E-state index is 12.9. The van der Waals surface area contributed by atoms with Gasteiger partial charge < -0.3 is 14.2 Å². The van der Waals surface area contributed by atoms with Crippen molar-refractivity contribution in [2.24, 2.45) is 0 Å². The minimum absolute atomic E-state index is 0.0723. The van der Waals surface area contributed by atoms with E-state index >= 15 is 0 Å². The normalized spacial score (nSPS) is 12.4. The van der Waals surface area contributed by atoms with E-state index in [9.17, 15) is 14.4 Å². The molecular formula is C73H132O6. The van der Waals surface area contributed by atoms with Crippen molar-refractivity contribution in [1.82, 2.24) is 0 Å². The van der Waals surface area contributed by atoms with E-state index in [4.69, 9.17) is 14.2 Å². The molecule has 0 aliphatic carbocycles. The highest BCUT2D eigenvalue weighted by Gasteiger charge is 2.19. The fourth-order valence-corrected chi connectivity index (χ4v) is 10.2. The number of carbonyl (C=O) groups is 3. The highest BCUT2D eigenvalue weighted by molar-refractivity contribution is 5.71. The van der Waals surface area contributed by atoms with E-state index < -0.39 is 6.10 Å². The molecule has 0 radical (unpaired) electrons. The van der Waals surface area contributed by atoms with E-state index in [1.165, 1.54) is 250 Å². The van der Waals surface area contributed by atoms with Crippen molar-refractivity contribution in [2.75, 3.05) is 13.2 Å². The molecule has 460 valence electrons. The number of unbranched alkanes of at least 4 members (excludes halogenated alkanes) is 43. The minimum Gasteiger partial charge on any atom is -0.462 e. The first-order valence-corrected chi connectivity index (χ1v) is 34.8. The molecule has 0 saturated carbocycles. The number of allylic oxidation sites excluding steroid dienone is 10. The number of carbonyl (C=O) groups excluding carboxylic acids is 3. The van der Waals surface area contributed by atoms with Crippen molar-refractivity contribution >= 4 is 17.9 Å². The lowest BCUT2D eigenvalue weighted by atomic mass is 10.0. The predicted molar refractivity (Wildman–Crippen MR) is 344 cm³/mol. The molecule has 1 unspecified atom stereocenters. The molecule has 0 aliphatic rings. The van der Waals surface area contributed by atoms with Crippen LogP contribution in [-0.2, 0) is 28.6 Å². The fraction of sp³-hybridized carbons (Fsp3) is 0.822. The molecule has 0 aliphatic heterocycles. The summed E-state index contributed by atoms with van der Waals surface area (Å²) in [6.07, 6.45) is 86.6. The third-order valence-electron chi connectivity index (χ3n) is 15.5. The number of hydrogen-bond donors (Lipinski definition) is 0. The van der Waals surface area contributed by atoms with Crippen LogP contribution in [0.15, 0.2) is 60.8 Å². The molecule has 0 heterocycles. The van der Waals surface area contributed by atoms with Gasteiger partial charge in [0, 0.05) is 19.3 Å².